The first-order chi connectivity index (χ1) is 12.5. The van der Waals surface area contributed by atoms with E-state index in [-0.39, 0.29) is 10.8 Å². The Labute approximate surface area is 157 Å². The van der Waals surface area contributed by atoms with Gasteiger partial charge in [-0.3, -0.25) is 4.79 Å². The summed E-state index contributed by atoms with van der Waals surface area (Å²) in [5.74, 6) is 1.96. The Kier molecular flexibility index (Phi) is 4.20. The largest absolute Gasteiger partial charge is 0.461 e. The van der Waals surface area contributed by atoms with Gasteiger partial charge >= 0.3 is 0 Å². The van der Waals surface area contributed by atoms with Gasteiger partial charge in [-0.1, -0.05) is 11.8 Å². The van der Waals surface area contributed by atoms with Crippen LogP contribution in [0.4, 0.5) is 0 Å². The van der Waals surface area contributed by atoms with Gasteiger partial charge < -0.3 is 14.0 Å². The maximum Gasteiger partial charge on any atom is 0.259 e. The number of thioether (sulfide) groups is 1. The summed E-state index contributed by atoms with van der Waals surface area (Å²) in [5, 5.41) is 9.77. The van der Waals surface area contributed by atoms with Crippen molar-refractivity contribution in [2.24, 2.45) is 7.05 Å². The van der Waals surface area contributed by atoms with Gasteiger partial charge in [-0.25, -0.2) is 4.98 Å². The summed E-state index contributed by atoms with van der Waals surface area (Å²) in [6, 6.07) is 3.66. The number of aromatic amines is 1. The van der Waals surface area contributed by atoms with Crippen LogP contribution in [-0.2, 0) is 7.05 Å². The Balaban J connectivity index is 1.66. The smallest absolute Gasteiger partial charge is 0.259 e. The summed E-state index contributed by atoms with van der Waals surface area (Å²) in [4.78, 5) is 22.0. The van der Waals surface area contributed by atoms with E-state index in [1.165, 1.54) is 11.8 Å². The molecule has 0 fully saturated rings. The van der Waals surface area contributed by atoms with Crippen LogP contribution in [0.5, 0.6) is 0 Å². The molecule has 0 aromatic carbocycles. The van der Waals surface area contributed by atoms with Crippen molar-refractivity contribution < 1.29 is 4.42 Å². The average Bonchev–Trinajstić information content (AvgIpc) is 3.30. The molecule has 1 atom stereocenters. The molecule has 1 N–H and O–H groups in total. The molecule has 26 heavy (non-hydrogen) atoms. The van der Waals surface area contributed by atoms with Crippen molar-refractivity contribution in [1.82, 2.24) is 24.7 Å². The fraction of sp³-hybridized carbons (Fsp3) is 0.294. The van der Waals surface area contributed by atoms with Gasteiger partial charge in [-0.15, -0.1) is 21.5 Å². The minimum absolute atomic E-state index is 0.0813. The van der Waals surface area contributed by atoms with Gasteiger partial charge in [0.05, 0.1) is 16.9 Å². The fourth-order valence-corrected chi connectivity index (χ4v) is 4.62. The van der Waals surface area contributed by atoms with Gasteiger partial charge in [0.15, 0.2) is 16.7 Å². The van der Waals surface area contributed by atoms with Gasteiger partial charge in [-0.2, -0.15) is 0 Å². The number of nitrogens with zero attached hydrogens (tertiary/aromatic N) is 4. The zero-order valence-electron chi connectivity index (χ0n) is 14.7. The minimum Gasteiger partial charge on any atom is -0.461 e. The van der Waals surface area contributed by atoms with Crippen LogP contribution >= 0.6 is 23.1 Å². The van der Waals surface area contributed by atoms with E-state index in [0.717, 1.165) is 20.4 Å². The molecule has 4 rings (SSSR count). The third kappa shape index (κ3) is 2.77. The average molecular weight is 387 g/mol. The van der Waals surface area contributed by atoms with Crippen molar-refractivity contribution in [2.45, 2.75) is 31.2 Å². The van der Waals surface area contributed by atoms with Crippen molar-refractivity contribution in [2.75, 3.05) is 0 Å². The van der Waals surface area contributed by atoms with E-state index in [1.54, 1.807) is 17.6 Å². The van der Waals surface area contributed by atoms with Gasteiger partial charge in [0.2, 0.25) is 0 Å². The number of fused-ring (bicyclic) bond motifs is 1. The monoisotopic (exact) mass is 387 g/mol. The predicted octanol–water partition coefficient (Wildman–Crippen LogP) is 3.84. The van der Waals surface area contributed by atoms with Crippen molar-refractivity contribution in [3.05, 3.63) is 45.0 Å². The standard InChI is InChI=1S/C17H17N5O2S2/c1-8-9(2)25-16-12(8)15(23)18-13(19-16)10(3)26-17-21-20-14(22(17)4)11-6-5-7-24-11/h5-7,10H,1-4H3,(H,18,19,23). The lowest BCUT2D eigenvalue weighted by atomic mass is 10.2. The quantitative estimate of drug-likeness (QED) is 0.535. The number of hydrogen-bond acceptors (Lipinski definition) is 7. The highest BCUT2D eigenvalue weighted by Crippen LogP contribution is 2.34. The molecule has 1 unspecified atom stereocenters. The zero-order chi connectivity index (χ0) is 18.4. The van der Waals surface area contributed by atoms with Crippen molar-refractivity contribution in [3.8, 4) is 11.6 Å². The molecule has 0 saturated heterocycles. The van der Waals surface area contributed by atoms with E-state index in [9.17, 15) is 4.79 Å². The lowest BCUT2D eigenvalue weighted by Gasteiger charge is -2.10. The van der Waals surface area contributed by atoms with Crippen molar-refractivity contribution >= 4 is 33.3 Å². The van der Waals surface area contributed by atoms with E-state index in [2.05, 4.69) is 20.2 Å². The molecular weight excluding hydrogens is 370 g/mol. The van der Waals surface area contributed by atoms with E-state index in [4.69, 9.17) is 4.42 Å². The minimum atomic E-state index is -0.0893. The van der Waals surface area contributed by atoms with Crippen LogP contribution in [0.25, 0.3) is 21.8 Å². The molecule has 9 heteroatoms. The van der Waals surface area contributed by atoms with Crippen molar-refractivity contribution in [1.29, 1.82) is 0 Å². The Morgan fingerprint density at radius 2 is 2.15 bits per heavy atom. The second-order valence-corrected chi connectivity index (χ2v) is 8.53. The predicted molar refractivity (Wildman–Crippen MR) is 103 cm³/mol. The number of H-pyrrole nitrogens is 1. The first-order valence-electron chi connectivity index (χ1n) is 8.05. The molecule has 0 aliphatic carbocycles. The van der Waals surface area contributed by atoms with E-state index in [0.29, 0.717) is 22.8 Å². The van der Waals surface area contributed by atoms with Crippen LogP contribution in [-0.4, -0.2) is 24.7 Å². The van der Waals surface area contributed by atoms with E-state index >= 15 is 0 Å². The number of nitrogens with one attached hydrogen (secondary N) is 1. The van der Waals surface area contributed by atoms with Crippen LogP contribution < -0.4 is 5.56 Å². The lowest BCUT2D eigenvalue weighted by Crippen LogP contribution is -2.12. The maximum absolute atomic E-state index is 12.5. The molecule has 4 aromatic heterocycles. The summed E-state index contributed by atoms with van der Waals surface area (Å²) < 4.78 is 7.26. The third-order valence-electron chi connectivity index (χ3n) is 4.30. The summed E-state index contributed by atoms with van der Waals surface area (Å²) in [6.07, 6.45) is 1.61. The number of aromatic nitrogens is 5. The van der Waals surface area contributed by atoms with Crippen LogP contribution in [0.3, 0.4) is 0 Å². The second-order valence-electron chi connectivity index (χ2n) is 6.02. The molecule has 4 heterocycles. The number of rotatable bonds is 4. The molecule has 0 aliphatic rings. The Morgan fingerprint density at radius 3 is 2.88 bits per heavy atom. The molecular formula is C17H17N5O2S2. The van der Waals surface area contributed by atoms with Crippen LogP contribution in [0.2, 0.25) is 0 Å². The zero-order valence-corrected chi connectivity index (χ0v) is 16.4. The molecule has 0 saturated carbocycles. The van der Waals surface area contributed by atoms with E-state index < -0.39 is 0 Å². The lowest BCUT2D eigenvalue weighted by molar-refractivity contribution is 0.572. The van der Waals surface area contributed by atoms with Crippen molar-refractivity contribution in [3.63, 3.8) is 0 Å². The van der Waals surface area contributed by atoms with Crippen LogP contribution in [0, 0.1) is 13.8 Å². The molecule has 0 amide bonds. The SMILES string of the molecule is Cc1sc2nc(C(C)Sc3nnc(-c4ccco4)n3C)[nH]c(=O)c2c1C. The van der Waals surface area contributed by atoms with Gasteiger partial charge in [0.1, 0.15) is 10.7 Å². The number of aryl methyl sites for hydroxylation is 2. The molecule has 0 spiro atoms. The number of thiophene rings is 1. The Morgan fingerprint density at radius 1 is 1.35 bits per heavy atom. The summed E-state index contributed by atoms with van der Waals surface area (Å²) in [7, 11) is 1.89. The molecule has 4 aromatic rings. The molecule has 7 nitrogen and oxygen atoms in total. The molecule has 0 radical (unpaired) electrons. The normalized spacial score (nSPS) is 12.8. The first kappa shape index (κ1) is 17.0. The first-order valence-corrected chi connectivity index (χ1v) is 9.75. The van der Waals surface area contributed by atoms with Gasteiger partial charge in [0.25, 0.3) is 5.56 Å². The highest BCUT2D eigenvalue weighted by atomic mass is 32.2. The van der Waals surface area contributed by atoms with Crippen LogP contribution in [0.1, 0.15) is 28.4 Å². The van der Waals surface area contributed by atoms with Gasteiger partial charge in [0, 0.05) is 11.9 Å². The third-order valence-corrected chi connectivity index (χ3v) is 6.55. The molecule has 0 bridgehead atoms. The highest BCUT2D eigenvalue weighted by Gasteiger charge is 2.20. The number of furan rings is 1. The Hall–Kier alpha value is -2.39. The maximum atomic E-state index is 12.5. The highest BCUT2D eigenvalue weighted by molar-refractivity contribution is 7.99. The number of hydrogen-bond donors (Lipinski definition) is 1. The summed E-state index contributed by atoms with van der Waals surface area (Å²) in [6.45, 7) is 5.96. The summed E-state index contributed by atoms with van der Waals surface area (Å²) >= 11 is 3.04. The van der Waals surface area contributed by atoms with Crippen LogP contribution in [0.15, 0.2) is 32.8 Å². The van der Waals surface area contributed by atoms with Gasteiger partial charge in [-0.05, 0) is 38.5 Å². The molecule has 134 valence electrons. The fourth-order valence-electron chi connectivity index (χ4n) is 2.72. The second kappa shape index (κ2) is 6.40. The summed E-state index contributed by atoms with van der Waals surface area (Å²) in [5.41, 5.74) is 0.913. The Bertz CT molecular complexity index is 1140. The van der Waals surface area contributed by atoms with E-state index in [1.807, 2.05) is 44.5 Å². The topological polar surface area (TPSA) is 89.6 Å². The molecule has 0 aliphatic heterocycles.